The van der Waals surface area contributed by atoms with Crippen LogP contribution in [0.15, 0.2) is 24.3 Å². The molecule has 1 aromatic carbocycles. The minimum absolute atomic E-state index is 0.240. The Morgan fingerprint density at radius 2 is 2.17 bits per heavy atom. The van der Waals surface area contributed by atoms with Crippen molar-refractivity contribution in [1.29, 1.82) is 0 Å². The standard InChI is InChI=1S/C9H10FNO/c10-9-4-2-1-3-8(9)7-11-5-6-12/h1-4,6,11H,5,7H2. The van der Waals surface area contributed by atoms with Crippen molar-refractivity contribution in [2.45, 2.75) is 6.54 Å². The van der Waals surface area contributed by atoms with Crippen LogP contribution < -0.4 is 5.32 Å². The predicted octanol–water partition coefficient (Wildman–Crippen LogP) is 1.11. The summed E-state index contributed by atoms with van der Waals surface area (Å²) in [4.78, 5) is 9.92. The van der Waals surface area contributed by atoms with E-state index >= 15 is 0 Å². The van der Waals surface area contributed by atoms with E-state index in [0.717, 1.165) is 6.29 Å². The topological polar surface area (TPSA) is 29.1 Å². The molecule has 64 valence electrons. The van der Waals surface area contributed by atoms with Crippen molar-refractivity contribution < 1.29 is 9.18 Å². The molecule has 1 aromatic rings. The van der Waals surface area contributed by atoms with Gasteiger partial charge in [-0.2, -0.15) is 0 Å². The second-order valence-electron chi connectivity index (χ2n) is 2.39. The van der Waals surface area contributed by atoms with Gasteiger partial charge in [-0.05, 0) is 6.07 Å². The van der Waals surface area contributed by atoms with Crippen molar-refractivity contribution >= 4 is 6.29 Å². The first-order valence-electron chi connectivity index (χ1n) is 3.72. The lowest BCUT2D eigenvalue weighted by Gasteiger charge is -2.01. The van der Waals surface area contributed by atoms with Gasteiger partial charge in [0.1, 0.15) is 12.1 Å². The molecule has 0 saturated heterocycles. The third-order valence-electron chi connectivity index (χ3n) is 1.50. The average molecular weight is 167 g/mol. The molecule has 2 nitrogen and oxygen atoms in total. The molecule has 0 aliphatic carbocycles. The third-order valence-corrected chi connectivity index (χ3v) is 1.50. The monoisotopic (exact) mass is 167 g/mol. The van der Waals surface area contributed by atoms with Crippen LogP contribution in [0, 0.1) is 5.82 Å². The van der Waals surface area contributed by atoms with Crippen molar-refractivity contribution in [2.75, 3.05) is 6.54 Å². The molecule has 0 unspecified atom stereocenters. The van der Waals surface area contributed by atoms with Gasteiger partial charge >= 0.3 is 0 Å². The Balaban J connectivity index is 2.51. The van der Waals surface area contributed by atoms with Gasteiger partial charge in [0.25, 0.3) is 0 Å². The van der Waals surface area contributed by atoms with Crippen LogP contribution >= 0.6 is 0 Å². The normalized spacial score (nSPS) is 9.75. The summed E-state index contributed by atoms with van der Waals surface area (Å²) in [6.07, 6.45) is 0.751. The van der Waals surface area contributed by atoms with Crippen LogP contribution in [0.2, 0.25) is 0 Å². The molecular weight excluding hydrogens is 157 g/mol. The molecule has 3 heteroatoms. The van der Waals surface area contributed by atoms with E-state index in [4.69, 9.17) is 0 Å². The maximum Gasteiger partial charge on any atom is 0.133 e. The van der Waals surface area contributed by atoms with Crippen LogP contribution in [-0.4, -0.2) is 12.8 Å². The summed E-state index contributed by atoms with van der Waals surface area (Å²) < 4.78 is 12.9. The molecule has 0 heterocycles. The van der Waals surface area contributed by atoms with Gasteiger partial charge in [0.2, 0.25) is 0 Å². The highest BCUT2D eigenvalue weighted by atomic mass is 19.1. The van der Waals surface area contributed by atoms with Crippen LogP contribution in [0.1, 0.15) is 5.56 Å². The summed E-state index contributed by atoms with van der Waals surface area (Å²) in [5.74, 6) is -0.240. The molecule has 0 bridgehead atoms. The Kier molecular flexibility index (Phi) is 3.41. The zero-order chi connectivity index (χ0) is 8.81. The Morgan fingerprint density at radius 3 is 2.83 bits per heavy atom. The Hall–Kier alpha value is -1.22. The van der Waals surface area contributed by atoms with Crippen molar-refractivity contribution in [1.82, 2.24) is 5.32 Å². The Morgan fingerprint density at radius 1 is 1.42 bits per heavy atom. The number of hydrogen-bond acceptors (Lipinski definition) is 2. The zero-order valence-corrected chi connectivity index (χ0v) is 6.59. The molecule has 0 aromatic heterocycles. The number of benzene rings is 1. The zero-order valence-electron chi connectivity index (χ0n) is 6.59. The first-order valence-corrected chi connectivity index (χ1v) is 3.72. The Labute approximate surface area is 70.4 Å². The second-order valence-corrected chi connectivity index (χ2v) is 2.39. The molecule has 1 rings (SSSR count). The molecule has 0 amide bonds. The van der Waals surface area contributed by atoms with E-state index in [2.05, 4.69) is 5.32 Å². The van der Waals surface area contributed by atoms with Gasteiger partial charge in [0.15, 0.2) is 0 Å². The SMILES string of the molecule is O=CCNCc1ccccc1F. The van der Waals surface area contributed by atoms with Crippen molar-refractivity contribution in [2.24, 2.45) is 0 Å². The van der Waals surface area contributed by atoms with E-state index in [1.54, 1.807) is 18.2 Å². The second kappa shape index (κ2) is 4.62. The highest BCUT2D eigenvalue weighted by Crippen LogP contribution is 2.04. The summed E-state index contributed by atoms with van der Waals surface area (Å²) in [5, 5.41) is 2.78. The number of carbonyl (C=O) groups is 1. The van der Waals surface area contributed by atoms with E-state index in [-0.39, 0.29) is 12.4 Å². The smallest absolute Gasteiger partial charge is 0.133 e. The van der Waals surface area contributed by atoms with Crippen molar-refractivity contribution in [3.8, 4) is 0 Å². The molecule has 1 N–H and O–H groups in total. The number of carbonyl (C=O) groups excluding carboxylic acids is 1. The van der Waals surface area contributed by atoms with Crippen LogP contribution in [0.4, 0.5) is 4.39 Å². The van der Waals surface area contributed by atoms with Crippen molar-refractivity contribution in [3.63, 3.8) is 0 Å². The average Bonchev–Trinajstić information content (AvgIpc) is 2.09. The molecule has 0 atom stereocenters. The number of aldehydes is 1. The van der Waals surface area contributed by atoms with E-state index in [0.29, 0.717) is 12.1 Å². The number of nitrogens with one attached hydrogen (secondary N) is 1. The van der Waals surface area contributed by atoms with Crippen molar-refractivity contribution in [3.05, 3.63) is 35.6 Å². The molecule has 0 fully saturated rings. The molecular formula is C9H10FNO. The highest BCUT2D eigenvalue weighted by molar-refractivity contribution is 5.51. The maximum atomic E-state index is 12.9. The maximum absolute atomic E-state index is 12.9. The van der Waals surface area contributed by atoms with E-state index in [1.165, 1.54) is 6.07 Å². The highest BCUT2D eigenvalue weighted by Gasteiger charge is 1.97. The first-order chi connectivity index (χ1) is 5.84. The molecule has 0 aliphatic heterocycles. The van der Waals surface area contributed by atoms with E-state index < -0.39 is 0 Å². The fourth-order valence-corrected chi connectivity index (χ4v) is 0.908. The lowest BCUT2D eigenvalue weighted by molar-refractivity contribution is -0.107. The lowest BCUT2D eigenvalue weighted by Crippen LogP contribution is -2.16. The third kappa shape index (κ3) is 2.43. The molecule has 0 radical (unpaired) electrons. The predicted molar refractivity (Wildman–Crippen MR) is 44.2 cm³/mol. The minimum Gasteiger partial charge on any atom is -0.306 e. The van der Waals surface area contributed by atoms with Crippen LogP contribution in [-0.2, 0) is 11.3 Å². The summed E-state index contributed by atoms with van der Waals surface area (Å²) in [7, 11) is 0. The van der Waals surface area contributed by atoms with Crippen LogP contribution in [0.5, 0.6) is 0 Å². The number of rotatable bonds is 4. The van der Waals surface area contributed by atoms with Gasteiger partial charge in [0.05, 0.1) is 6.54 Å². The van der Waals surface area contributed by atoms with E-state index in [1.807, 2.05) is 0 Å². The van der Waals surface area contributed by atoms with Gasteiger partial charge < -0.3 is 10.1 Å². The fourth-order valence-electron chi connectivity index (χ4n) is 0.908. The fraction of sp³-hybridized carbons (Fsp3) is 0.222. The summed E-state index contributed by atoms with van der Waals surface area (Å²) in [6.45, 7) is 0.653. The van der Waals surface area contributed by atoms with Gasteiger partial charge in [0, 0.05) is 12.1 Å². The van der Waals surface area contributed by atoms with Crippen LogP contribution in [0.25, 0.3) is 0 Å². The summed E-state index contributed by atoms with van der Waals surface area (Å²) >= 11 is 0. The Bertz CT molecular complexity index is 262. The molecule has 0 saturated carbocycles. The summed E-state index contributed by atoms with van der Waals surface area (Å²) in [6, 6.07) is 6.49. The van der Waals surface area contributed by atoms with Gasteiger partial charge in [-0.3, -0.25) is 0 Å². The van der Waals surface area contributed by atoms with Gasteiger partial charge in [-0.25, -0.2) is 4.39 Å². The molecule has 12 heavy (non-hydrogen) atoms. The van der Waals surface area contributed by atoms with E-state index in [9.17, 15) is 9.18 Å². The summed E-state index contributed by atoms with van der Waals surface area (Å²) in [5.41, 5.74) is 0.583. The lowest BCUT2D eigenvalue weighted by atomic mass is 10.2. The minimum atomic E-state index is -0.240. The van der Waals surface area contributed by atoms with Gasteiger partial charge in [-0.15, -0.1) is 0 Å². The largest absolute Gasteiger partial charge is 0.306 e. The quantitative estimate of drug-likeness (QED) is 0.537. The number of hydrogen-bond donors (Lipinski definition) is 1. The number of halogens is 1. The first kappa shape index (κ1) is 8.87. The molecule has 0 spiro atoms. The van der Waals surface area contributed by atoms with Crippen LogP contribution in [0.3, 0.4) is 0 Å². The van der Waals surface area contributed by atoms with Gasteiger partial charge in [-0.1, -0.05) is 18.2 Å². The molecule has 0 aliphatic rings.